The Kier molecular flexibility index (Phi) is 4.52. The second-order valence-electron chi connectivity index (χ2n) is 5.89. The van der Waals surface area contributed by atoms with Gasteiger partial charge in [-0.1, -0.05) is 15.9 Å². The van der Waals surface area contributed by atoms with Gasteiger partial charge in [0.2, 0.25) is 0 Å². The number of aliphatic carboxylic acids is 1. The first-order chi connectivity index (χ1) is 10.5. The van der Waals surface area contributed by atoms with Crippen molar-refractivity contribution in [1.29, 1.82) is 0 Å². The molecule has 2 heterocycles. The zero-order valence-electron chi connectivity index (χ0n) is 12.0. The minimum absolute atomic E-state index is 0.0169. The predicted octanol–water partition coefficient (Wildman–Crippen LogP) is 1.99. The van der Waals surface area contributed by atoms with Crippen LogP contribution in [-0.2, 0) is 4.79 Å². The number of benzene rings is 1. The van der Waals surface area contributed by atoms with Crippen LogP contribution in [-0.4, -0.2) is 53.4 Å². The average Bonchev–Trinajstić information content (AvgIpc) is 2.77. The van der Waals surface area contributed by atoms with Gasteiger partial charge in [-0.05, 0) is 29.8 Å². The predicted molar refractivity (Wildman–Crippen MR) is 85.8 cm³/mol. The number of carboxylic acids is 1. The van der Waals surface area contributed by atoms with Gasteiger partial charge in [0, 0.05) is 35.6 Å². The van der Waals surface area contributed by atoms with Crippen molar-refractivity contribution in [2.45, 2.75) is 12.5 Å². The first kappa shape index (κ1) is 15.5. The Morgan fingerprint density at radius 1 is 1.41 bits per heavy atom. The lowest BCUT2D eigenvalue weighted by molar-refractivity contribution is -0.138. The fraction of sp³-hybridized carbons (Fsp3) is 0.438. The first-order valence-corrected chi connectivity index (χ1v) is 8.04. The fourth-order valence-corrected chi connectivity index (χ4v) is 3.45. The van der Waals surface area contributed by atoms with E-state index < -0.39 is 12.1 Å². The third-order valence-electron chi connectivity index (χ3n) is 4.09. The first-order valence-electron chi connectivity index (χ1n) is 7.25. The maximum atomic E-state index is 10.8. The number of halogens is 1. The molecule has 0 radical (unpaired) electrons. The summed E-state index contributed by atoms with van der Waals surface area (Å²) in [5.41, 5.74) is 2.17. The van der Waals surface area contributed by atoms with E-state index in [0.717, 1.165) is 21.4 Å². The van der Waals surface area contributed by atoms with Gasteiger partial charge in [0.05, 0.1) is 12.5 Å². The van der Waals surface area contributed by atoms with Crippen LogP contribution in [0.3, 0.4) is 0 Å². The monoisotopic (exact) mass is 367 g/mol. The Bertz CT molecular complexity index is 616. The Balaban J connectivity index is 1.66. The zero-order valence-corrected chi connectivity index (χ0v) is 13.6. The summed E-state index contributed by atoms with van der Waals surface area (Å²) in [6, 6.07) is 5.90. The number of hydrogen-bond donors (Lipinski definition) is 2. The maximum absolute atomic E-state index is 10.8. The highest BCUT2D eigenvalue weighted by Gasteiger charge is 2.33. The van der Waals surface area contributed by atoms with Crippen LogP contribution < -0.4 is 4.74 Å². The van der Waals surface area contributed by atoms with Crippen molar-refractivity contribution < 1.29 is 19.7 Å². The molecule has 2 aliphatic rings. The van der Waals surface area contributed by atoms with E-state index >= 15 is 0 Å². The lowest BCUT2D eigenvalue weighted by atomic mass is 10.0. The normalized spacial score (nSPS) is 24.5. The van der Waals surface area contributed by atoms with Gasteiger partial charge in [-0.2, -0.15) is 0 Å². The molecule has 0 unspecified atom stereocenters. The second-order valence-corrected chi connectivity index (χ2v) is 6.81. The molecule has 2 aliphatic heterocycles. The van der Waals surface area contributed by atoms with Crippen molar-refractivity contribution in [2.75, 3.05) is 26.2 Å². The van der Waals surface area contributed by atoms with Crippen LogP contribution in [0.5, 0.6) is 5.75 Å². The Hall–Kier alpha value is -1.37. The summed E-state index contributed by atoms with van der Waals surface area (Å²) in [4.78, 5) is 12.9. The standard InChI is InChI=1S/C16H18BrNO4/c17-13-1-2-15-11(4-13)3-10(9-22-15)6-18-7-12(5-16(20)21)14(19)8-18/h1-4,12,14,19H,5-9H2,(H,20,21)/t12-,14-/m1/s1. The van der Waals surface area contributed by atoms with Gasteiger partial charge in [-0.15, -0.1) is 0 Å². The number of aliphatic hydroxyl groups excluding tert-OH is 1. The van der Waals surface area contributed by atoms with Crippen molar-refractivity contribution in [3.05, 3.63) is 33.8 Å². The number of fused-ring (bicyclic) bond motifs is 1. The van der Waals surface area contributed by atoms with Gasteiger partial charge in [-0.3, -0.25) is 9.69 Å². The van der Waals surface area contributed by atoms with E-state index in [9.17, 15) is 9.90 Å². The summed E-state index contributed by atoms with van der Waals surface area (Å²) in [6.07, 6.45) is 1.56. The second kappa shape index (κ2) is 6.40. The van der Waals surface area contributed by atoms with Crippen LogP contribution in [0, 0.1) is 5.92 Å². The number of hydrogen-bond acceptors (Lipinski definition) is 4. The lowest BCUT2D eigenvalue weighted by Crippen LogP contribution is -2.27. The topological polar surface area (TPSA) is 70.0 Å². The summed E-state index contributed by atoms with van der Waals surface area (Å²) in [5.74, 6) is -0.175. The molecule has 0 amide bonds. The molecule has 1 aromatic rings. The van der Waals surface area contributed by atoms with E-state index in [-0.39, 0.29) is 12.3 Å². The Morgan fingerprint density at radius 3 is 3.00 bits per heavy atom. The fourth-order valence-electron chi connectivity index (χ4n) is 3.07. The van der Waals surface area contributed by atoms with E-state index in [1.165, 1.54) is 0 Å². The van der Waals surface area contributed by atoms with Crippen LogP contribution in [0.2, 0.25) is 0 Å². The molecular formula is C16H18BrNO4. The maximum Gasteiger partial charge on any atom is 0.303 e. The van der Waals surface area contributed by atoms with Crippen LogP contribution in [0.25, 0.3) is 6.08 Å². The molecule has 118 valence electrons. The molecule has 3 rings (SSSR count). The molecule has 0 aromatic heterocycles. The van der Waals surface area contributed by atoms with Gasteiger partial charge in [0.1, 0.15) is 12.4 Å². The summed E-state index contributed by atoms with van der Waals surface area (Å²) >= 11 is 3.45. The van der Waals surface area contributed by atoms with Crippen LogP contribution >= 0.6 is 15.9 Å². The van der Waals surface area contributed by atoms with Gasteiger partial charge >= 0.3 is 5.97 Å². The van der Waals surface area contributed by atoms with Gasteiger partial charge in [0.15, 0.2) is 0 Å². The molecule has 1 fully saturated rings. The van der Waals surface area contributed by atoms with Crippen molar-refractivity contribution in [1.82, 2.24) is 4.90 Å². The molecule has 6 heteroatoms. The number of aliphatic hydroxyl groups is 1. The Morgan fingerprint density at radius 2 is 2.23 bits per heavy atom. The van der Waals surface area contributed by atoms with Gasteiger partial charge in [0.25, 0.3) is 0 Å². The smallest absolute Gasteiger partial charge is 0.303 e. The average molecular weight is 368 g/mol. The molecule has 22 heavy (non-hydrogen) atoms. The van der Waals surface area contributed by atoms with Crippen LogP contribution in [0.15, 0.2) is 28.2 Å². The highest BCUT2D eigenvalue weighted by molar-refractivity contribution is 9.10. The van der Waals surface area contributed by atoms with Crippen LogP contribution in [0.4, 0.5) is 0 Å². The molecule has 2 atom stereocenters. The summed E-state index contributed by atoms with van der Waals surface area (Å²) in [5, 5.41) is 18.8. The summed E-state index contributed by atoms with van der Waals surface area (Å²) in [6.45, 7) is 2.35. The summed E-state index contributed by atoms with van der Waals surface area (Å²) < 4.78 is 6.75. The SMILES string of the molecule is O=C(O)C[C@@H]1CN(CC2=Cc3cc(Br)ccc3OC2)C[C@H]1O. The lowest BCUT2D eigenvalue weighted by Gasteiger charge is -2.22. The van der Waals surface area contributed by atoms with Gasteiger partial charge in [-0.25, -0.2) is 0 Å². The molecule has 1 saturated heterocycles. The quantitative estimate of drug-likeness (QED) is 0.851. The number of β-amino-alcohol motifs (C(OH)–C–C–N with tert-alkyl or cyclic N) is 1. The molecule has 0 aliphatic carbocycles. The number of carboxylic acid groups (broad SMARTS) is 1. The minimum Gasteiger partial charge on any atom is -0.489 e. The van der Waals surface area contributed by atoms with Crippen molar-refractivity contribution in [3.63, 3.8) is 0 Å². The van der Waals surface area contributed by atoms with Crippen LogP contribution in [0.1, 0.15) is 12.0 Å². The number of nitrogens with zero attached hydrogens (tertiary/aromatic N) is 1. The largest absolute Gasteiger partial charge is 0.489 e. The molecule has 5 nitrogen and oxygen atoms in total. The van der Waals surface area contributed by atoms with Gasteiger partial charge < -0.3 is 14.9 Å². The number of rotatable bonds is 4. The highest BCUT2D eigenvalue weighted by Crippen LogP contribution is 2.30. The Labute approximate surface area is 137 Å². The molecule has 2 N–H and O–H groups in total. The van der Waals surface area contributed by atoms with E-state index in [2.05, 4.69) is 26.9 Å². The van der Waals surface area contributed by atoms with E-state index in [4.69, 9.17) is 9.84 Å². The molecule has 0 spiro atoms. The number of carbonyl (C=O) groups is 1. The third-order valence-corrected chi connectivity index (χ3v) is 4.58. The third kappa shape index (κ3) is 3.51. The minimum atomic E-state index is -0.857. The van der Waals surface area contributed by atoms with E-state index in [0.29, 0.717) is 26.2 Å². The number of likely N-dealkylation sites (tertiary alicyclic amines) is 1. The highest BCUT2D eigenvalue weighted by atomic mass is 79.9. The molecule has 0 saturated carbocycles. The zero-order chi connectivity index (χ0) is 15.7. The molecule has 1 aromatic carbocycles. The summed E-state index contributed by atoms with van der Waals surface area (Å²) in [7, 11) is 0. The van der Waals surface area contributed by atoms with Crippen molar-refractivity contribution in [2.24, 2.45) is 5.92 Å². The van der Waals surface area contributed by atoms with Crippen molar-refractivity contribution in [3.8, 4) is 5.75 Å². The molecular weight excluding hydrogens is 350 g/mol. The number of ether oxygens (including phenoxy) is 1. The van der Waals surface area contributed by atoms with E-state index in [1.807, 2.05) is 18.2 Å². The van der Waals surface area contributed by atoms with E-state index in [1.54, 1.807) is 0 Å². The van der Waals surface area contributed by atoms with Crippen molar-refractivity contribution >= 4 is 28.0 Å². The molecule has 0 bridgehead atoms.